The summed E-state index contributed by atoms with van der Waals surface area (Å²) in [6, 6.07) is 6.54. The third-order valence-electron chi connectivity index (χ3n) is 4.23. The molecule has 7 nitrogen and oxygen atoms in total. The molecule has 1 aromatic rings. The Bertz CT molecular complexity index is 612. The number of hydrogen-bond donors (Lipinski definition) is 5. The number of rotatable bonds is 10. The van der Waals surface area contributed by atoms with E-state index in [2.05, 4.69) is 23.3 Å². The maximum atomic E-state index is 12.5. The van der Waals surface area contributed by atoms with E-state index in [1.54, 1.807) is 0 Å². The predicted molar refractivity (Wildman–Crippen MR) is 103 cm³/mol. The summed E-state index contributed by atoms with van der Waals surface area (Å²) in [6.07, 6.45) is 0.973. The number of carbonyl (C=O) groups excluding carboxylic acids is 2. The molecular weight excluding hydrogens is 354 g/mol. The lowest BCUT2D eigenvalue weighted by atomic mass is 9.97. The fourth-order valence-corrected chi connectivity index (χ4v) is 2.62. The normalized spacial score (nSPS) is 15.4. The number of benzene rings is 1. The number of nitrogens with two attached hydrogens (primary N) is 1. The molecule has 5 N–H and O–H groups in total. The number of aliphatic carboxylic acids is 1. The first-order valence-electron chi connectivity index (χ1n) is 8.54. The van der Waals surface area contributed by atoms with E-state index in [0.717, 1.165) is 5.56 Å². The van der Waals surface area contributed by atoms with Gasteiger partial charge in [0.05, 0.1) is 6.04 Å². The van der Waals surface area contributed by atoms with Crippen molar-refractivity contribution in [1.82, 2.24) is 10.6 Å². The Hall–Kier alpha value is -2.06. The van der Waals surface area contributed by atoms with Crippen molar-refractivity contribution in [2.45, 2.75) is 44.8 Å². The third kappa shape index (κ3) is 6.68. The molecule has 0 bridgehead atoms. The summed E-state index contributed by atoms with van der Waals surface area (Å²) in [5, 5.41) is 14.1. The van der Waals surface area contributed by atoms with Gasteiger partial charge in [0.15, 0.2) is 0 Å². The first-order valence-corrected chi connectivity index (χ1v) is 9.17. The van der Waals surface area contributed by atoms with Crippen molar-refractivity contribution < 1.29 is 19.5 Å². The van der Waals surface area contributed by atoms with Gasteiger partial charge in [0.25, 0.3) is 0 Å². The maximum absolute atomic E-state index is 12.5. The Labute approximate surface area is 159 Å². The molecule has 1 aromatic carbocycles. The quantitative estimate of drug-likeness (QED) is 0.380. The van der Waals surface area contributed by atoms with Crippen molar-refractivity contribution in [2.24, 2.45) is 11.7 Å². The Morgan fingerprint density at radius 1 is 1.15 bits per heavy atom. The minimum absolute atomic E-state index is 0.0459. The molecule has 0 aliphatic heterocycles. The van der Waals surface area contributed by atoms with Gasteiger partial charge in [-0.15, -0.1) is 0 Å². The van der Waals surface area contributed by atoms with Crippen LogP contribution in [0.2, 0.25) is 0 Å². The van der Waals surface area contributed by atoms with Crippen molar-refractivity contribution >= 4 is 30.4 Å². The molecule has 144 valence electrons. The van der Waals surface area contributed by atoms with E-state index < -0.39 is 35.9 Å². The van der Waals surface area contributed by atoms with Crippen LogP contribution in [0.25, 0.3) is 0 Å². The van der Waals surface area contributed by atoms with Crippen molar-refractivity contribution in [2.75, 3.05) is 5.75 Å². The van der Waals surface area contributed by atoms with Gasteiger partial charge in [-0.2, -0.15) is 12.6 Å². The van der Waals surface area contributed by atoms with Crippen LogP contribution < -0.4 is 16.4 Å². The zero-order valence-electron chi connectivity index (χ0n) is 15.0. The van der Waals surface area contributed by atoms with Gasteiger partial charge in [-0.1, -0.05) is 50.6 Å². The number of carbonyl (C=O) groups is 3. The highest BCUT2D eigenvalue weighted by Crippen LogP contribution is 2.10. The summed E-state index contributed by atoms with van der Waals surface area (Å²) in [5.74, 6) is -2.41. The Kier molecular flexibility index (Phi) is 9.15. The molecule has 0 aliphatic carbocycles. The second kappa shape index (κ2) is 10.8. The van der Waals surface area contributed by atoms with Crippen LogP contribution in [0.15, 0.2) is 30.3 Å². The average Bonchev–Trinajstić information content (AvgIpc) is 2.63. The average molecular weight is 381 g/mol. The molecule has 26 heavy (non-hydrogen) atoms. The van der Waals surface area contributed by atoms with E-state index in [-0.39, 0.29) is 11.7 Å². The third-order valence-corrected chi connectivity index (χ3v) is 4.59. The van der Waals surface area contributed by atoms with E-state index in [4.69, 9.17) is 10.8 Å². The SMILES string of the molecule is CC[C@H](C)[C@H](NC(=O)[C@@H](N)Cc1ccccc1)C(=O)N[C@@H](CS)C(=O)O. The highest BCUT2D eigenvalue weighted by atomic mass is 32.1. The molecule has 0 spiro atoms. The second-order valence-corrected chi connectivity index (χ2v) is 6.62. The molecule has 0 unspecified atom stereocenters. The van der Waals surface area contributed by atoms with Crippen LogP contribution in [0.3, 0.4) is 0 Å². The van der Waals surface area contributed by atoms with Gasteiger partial charge < -0.3 is 21.5 Å². The lowest BCUT2D eigenvalue weighted by Crippen LogP contribution is -2.57. The molecular formula is C18H27N3O4S. The Morgan fingerprint density at radius 3 is 2.27 bits per heavy atom. The highest BCUT2D eigenvalue weighted by Gasteiger charge is 2.30. The number of nitrogens with one attached hydrogen (secondary N) is 2. The first-order chi connectivity index (χ1) is 12.3. The molecule has 0 saturated heterocycles. The Balaban J connectivity index is 2.78. The molecule has 0 aliphatic rings. The van der Waals surface area contributed by atoms with Crippen molar-refractivity contribution in [3.63, 3.8) is 0 Å². The maximum Gasteiger partial charge on any atom is 0.327 e. The van der Waals surface area contributed by atoms with Crippen LogP contribution in [-0.2, 0) is 20.8 Å². The molecule has 0 fully saturated rings. The second-order valence-electron chi connectivity index (χ2n) is 6.25. The summed E-state index contributed by atoms with van der Waals surface area (Å²) in [4.78, 5) is 36.0. The van der Waals surface area contributed by atoms with E-state index in [0.29, 0.717) is 12.8 Å². The van der Waals surface area contributed by atoms with Gasteiger partial charge in [-0.3, -0.25) is 9.59 Å². The number of thiol groups is 1. The summed E-state index contributed by atoms with van der Waals surface area (Å²) >= 11 is 3.93. The molecule has 0 radical (unpaired) electrons. The summed E-state index contributed by atoms with van der Waals surface area (Å²) in [5.41, 5.74) is 6.88. The summed E-state index contributed by atoms with van der Waals surface area (Å²) in [7, 11) is 0. The van der Waals surface area contributed by atoms with Crippen LogP contribution in [0.1, 0.15) is 25.8 Å². The zero-order chi connectivity index (χ0) is 19.7. The topological polar surface area (TPSA) is 122 Å². The molecule has 0 heterocycles. The Morgan fingerprint density at radius 2 is 1.77 bits per heavy atom. The van der Waals surface area contributed by atoms with Gasteiger partial charge in [-0.25, -0.2) is 4.79 Å². The first kappa shape index (κ1) is 22.0. The lowest BCUT2D eigenvalue weighted by molar-refractivity contribution is -0.141. The van der Waals surface area contributed by atoms with Gasteiger partial charge >= 0.3 is 5.97 Å². The fraction of sp³-hybridized carbons (Fsp3) is 0.500. The monoisotopic (exact) mass is 381 g/mol. The number of carboxylic acid groups (broad SMARTS) is 1. The lowest BCUT2D eigenvalue weighted by Gasteiger charge is -2.26. The van der Waals surface area contributed by atoms with E-state index in [9.17, 15) is 14.4 Å². The smallest absolute Gasteiger partial charge is 0.327 e. The number of amides is 2. The summed E-state index contributed by atoms with van der Waals surface area (Å²) in [6.45, 7) is 3.69. The van der Waals surface area contributed by atoms with Crippen molar-refractivity contribution in [1.29, 1.82) is 0 Å². The van der Waals surface area contributed by atoms with Crippen LogP contribution in [0, 0.1) is 5.92 Å². The van der Waals surface area contributed by atoms with E-state index in [1.807, 2.05) is 44.2 Å². The summed E-state index contributed by atoms with van der Waals surface area (Å²) < 4.78 is 0. The van der Waals surface area contributed by atoms with E-state index in [1.165, 1.54) is 0 Å². The molecule has 4 atom stereocenters. The molecule has 0 saturated carbocycles. The van der Waals surface area contributed by atoms with Gasteiger partial charge in [0.1, 0.15) is 12.1 Å². The standard InChI is InChI=1S/C18H27N3O4S/c1-3-11(2)15(17(23)20-14(10-26)18(24)25)21-16(22)13(19)9-12-7-5-4-6-8-12/h4-8,11,13-15,26H,3,9-10,19H2,1-2H3,(H,20,23)(H,21,22)(H,24,25)/t11-,13-,14-,15-/m0/s1. The van der Waals surface area contributed by atoms with Gasteiger partial charge in [0, 0.05) is 5.75 Å². The minimum Gasteiger partial charge on any atom is -0.480 e. The highest BCUT2D eigenvalue weighted by molar-refractivity contribution is 7.80. The minimum atomic E-state index is -1.18. The molecule has 1 rings (SSSR count). The van der Waals surface area contributed by atoms with E-state index >= 15 is 0 Å². The van der Waals surface area contributed by atoms with Crippen LogP contribution >= 0.6 is 12.6 Å². The van der Waals surface area contributed by atoms with Crippen LogP contribution in [0.4, 0.5) is 0 Å². The van der Waals surface area contributed by atoms with Crippen molar-refractivity contribution in [3.8, 4) is 0 Å². The molecule has 0 aromatic heterocycles. The van der Waals surface area contributed by atoms with Crippen molar-refractivity contribution in [3.05, 3.63) is 35.9 Å². The molecule has 8 heteroatoms. The fourth-order valence-electron chi connectivity index (χ4n) is 2.37. The number of carboxylic acids is 1. The molecule has 2 amide bonds. The predicted octanol–water partition coefficient (Wildman–Crippen LogP) is 0.587. The van der Waals surface area contributed by atoms with Crippen LogP contribution in [-0.4, -0.2) is 46.8 Å². The van der Waals surface area contributed by atoms with Gasteiger partial charge in [-0.05, 0) is 17.9 Å². The zero-order valence-corrected chi connectivity index (χ0v) is 15.9. The number of hydrogen-bond acceptors (Lipinski definition) is 5. The van der Waals surface area contributed by atoms with Crippen LogP contribution in [0.5, 0.6) is 0 Å². The largest absolute Gasteiger partial charge is 0.480 e. The van der Waals surface area contributed by atoms with Gasteiger partial charge in [0.2, 0.25) is 11.8 Å².